The minimum Gasteiger partial charge on any atom is -0.395 e. The molecule has 0 spiro atoms. The van der Waals surface area contributed by atoms with E-state index in [1.165, 1.54) is 12.8 Å². The van der Waals surface area contributed by atoms with Crippen molar-refractivity contribution in [2.75, 3.05) is 40.3 Å². The normalized spacial score (nSPS) is 22.9. The smallest absolute Gasteiger partial charge is 0.0844 e. The molecule has 14 heavy (non-hydrogen) atoms. The summed E-state index contributed by atoms with van der Waals surface area (Å²) in [6.45, 7) is 2.68. The van der Waals surface area contributed by atoms with Crippen LogP contribution in [-0.2, 0) is 0 Å². The molecular formula is C10H22N2O2. The largest absolute Gasteiger partial charge is 0.395 e. The molecule has 1 aliphatic heterocycles. The molecular weight excluding hydrogens is 180 g/mol. The lowest BCUT2D eigenvalue weighted by molar-refractivity contribution is 0.0140. The second kappa shape index (κ2) is 5.66. The van der Waals surface area contributed by atoms with Gasteiger partial charge in [0.05, 0.1) is 18.8 Å². The zero-order chi connectivity index (χ0) is 10.6. The van der Waals surface area contributed by atoms with Crippen LogP contribution in [0.1, 0.15) is 12.8 Å². The summed E-state index contributed by atoms with van der Waals surface area (Å²) in [6.07, 6.45) is 1.92. The summed E-state index contributed by atoms with van der Waals surface area (Å²) < 4.78 is 0. The van der Waals surface area contributed by atoms with Gasteiger partial charge in [0.1, 0.15) is 0 Å². The van der Waals surface area contributed by atoms with Crippen LogP contribution in [0.5, 0.6) is 0 Å². The Kier molecular flexibility index (Phi) is 4.81. The third kappa shape index (κ3) is 3.20. The lowest BCUT2D eigenvalue weighted by atomic mass is 10.1. The molecule has 84 valence electrons. The van der Waals surface area contributed by atoms with Gasteiger partial charge in [-0.3, -0.25) is 4.90 Å². The van der Waals surface area contributed by atoms with E-state index in [-0.39, 0.29) is 12.6 Å². The van der Waals surface area contributed by atoms with Gasteiger partial charge in [-0.05, 0) is 40.0 Å². The van der Waals surface area contributed by atoms with Gasteiger partial charge in [-0.2, -0.15) is 0 Å². The number of likely N-dealkylation sites (N-methyl/N-ethyl adjacent to an activating group) is 1. The molecule has 4 nitrogen and oxygen atoms in total. The first-order chi connectivity index (χ1) is 6.65. The van der Waals surface area contributed by atoms with Gasteiger partial charge in [0.15, 0.2) is 0 Å². The molecule has 0 saturated carbocycles. The molecule has 0 amide bonds. The SMILES string of the molecule is CN(C)CC(O)C(CO)N1CCCC1. The Bertz CT molecular complexity index is 158. The summed E-state index contributed by atoms with van der Waals surface area (Å²) in [6, 6.07) is -0.0834. The van der Waals surface area contributed by atoms with Gasteiger partial charge in [-0.1, -0.05) is 0 Å². The monoisotopic (exact) mass is 202 g/mol. The van der Waals surface area contributed by atoms with Crippen LogP contribution >= 0.6 is 0 Å². The van der Waals surface area contributed by atoms with Crippen LogP contribution in [0.25, 0.3) is 0 Å². The van der Waals surface area contributed by atoms with Gasteiger partial charge in [-0.15, -0.1) is 0 Å². The van der Waals surface area contributed by atoms with Crippen molar-refractivity contribution < 1.29 is 10.2 Å². The number of likely N-dealkylation sites (tertiary alicyclic amines) is 1. The Hall–Kier alpha value is -0.160. The molecule has 1 fully saturated rings. The lowest BCUT2D eigenvalue weighted by Gasteiger charge is -2.31. The van der Waals surface area contributed by atoms with Gasteiger partial charge >= 0.3 is 0 Å². The third-order valence-electron chi connectivity index (χ3n) is 2.79. The first-order valence-electron chi connectivity index (χ1n) is 5.33. The predicted octanol–water partition coefficient (Wildman–Crippen LogP) is -0.634. The van der Waals surface area contributed by atoms with E-state index in [0.29, 0.717) is 6.54 Å². The van der Waals surface area contributed by atoms with Crippen molar-refractivity contribution in [1.82, 2.24) is 9.80 Å². The molecule has 2 atom stereocenters. The molecule has 0 aliphatic carbocycles. The van der Waals surface area contributed by atoms with E-state index in [2.05, 4.69) is 4.90 Å². The Morgan fingerprint density at radius 3 is 2.29 bits per heavy atom. The fraction of sp³-hybridized carbons (Fsp3) is 1.00. The van der Waals surface area contributed by atoms with Crippen molar-refractivity contribution in [1.29, 1.82) is 0 Å². The highest BCUT2D eigenvalue weighted by Gasteiger charge is 2.27. The van der Waals surface area contributed by atoms with Crippen molar-refractivity contribution >= 4 is 0 Å². The molecule has 1 heterocycles. The summed E-state index contributed by atoms with van der Waals surface area (Å²) in [5.74, 6) is 0. The Morgan fingerprint density at radius 1 is 1.29 bits per heavy atom. The zero-order valence-electron chi connectivity index (χ0n) is 9.19. The number of rotatable bonds is 5. The molecule has 0 aromatic carbocycles. The van der Waals surface area contributed by atoms with Crippen molar-refractivity contribution in [3.63, 3.8) is 0 Å². The maximum atomic E-state index is 9.90. The molecule has 4 heteroatoms. The zero-order valence-corrected chi connectivity index (χ0v) is 9.19. The van der Waals surface area contributed by atoms with Gasteiger partial charge in [-0.25, -0.2) is 0 Å². The summed E-state index contributed by atoms with van der Waals surface area (Å²) in [7, 11) is 3.86. The van der Waals surface area contributed by atoms with Crippen LogP contribution in [0.2, 0.25) is 0 Å². The van der Waals surface area contributed by atoms with E-state index in [1.54, 1.807) is 0 Å². The number of aliphatic hydroxyl groups is 2. The second-order valence-corrected chi connectivity index (χ2v) is 4.32. The highest BCUT2D eigenvalue weighted by atomic mass is 16.3. The number of hydrogen-bond donors (Lipinski definition) is 2. The fourth-order valence-corrected chi connectivity index (χ4v) is 2.05. The van der Waals surface area contributed by atoms with Gasteiger partial charge in [0, 0.05) is 6.54 Å². The average Bonchev–Trinajstić information content (AvgIpc) is 2.57. The minimum absolute atomic E-state index is 0.0506. The average molecular weight is 202 g/mol. The van der Waals surface area contributed by atoms with E-state index in [9.17, 15) is 10.2 Å². The van der Waals surface area contributed by atoms with Gasteiger partial charge in [0.25, 0.3) is 0 Å². The topological polar surface area (TPSA) is 46.9 Å². The summed E-state index contributed by atoms with van der Waals surface area (Å²) in [4.78, 5) is 4.14. The van der Waals surface area contributed by atoms with E-state index >= 15 is 0 Å². The van der Waals surface area contributed by atoms with E-state index < -0.39 is 6.10 Å². The maximum Gasteiger partial charge on any atom is 0.0844 e. The highest BCUT2D eigenvalue weighted by molar-refractivity contribution is 4.82. The van der Waals surface area contributed by atoms with Crippen molar-refractivity contribution in [3.05, 3.63) is 0 Å². The van der Waals surface area contributed by atoms with Crippen molar-refractivity contribution in [2.45, 2.75) is 25.0 Å². The van der Waals surface area contributed by atoms with Crippen LogP contribution < -0.4 is 0 Å². The molecule has 2 unspecified atom stereocenters. The third-order valence-corrected chi connectivity index (χ3v) is 2.79. The summed E-state index contributed by atoms with van der Waals surface area (Å²) in [5, 5.41) is 19.1. The molecule has 0 aromatic rings. The molecule has 0 aromatic heterocycles. The van der Waals surface area contributed by atoms with Gasteiger partial charge in [0.2, 0.25) is 0 Å². The van der Waals surface area contributed by atoms with E-state index in [0.717, 1.165) is 13.1 Å². The summed E-state index contributed by atoms with van der Waals surface area (Å²) in [5.41, 5.74) is 0. The first-order valence-corrected chi connectivity index (χ1v) is 5.33. The minimum atomic E-state index is -0.451. The number of nitrogens with zero attached hydrogens (tertiary/aromatic N) is 2. The fourth-order valence-electron chi connectivity index (χ4n) is 2.05. The van der Waals surface area contributed by atoms with E-state index in [1.807, 2.05) is 19.0 Å². The molecule has 1 saturated heterocycles. The Balaban J connectivity index is 2.42. The quantitative estimate of drug-likeness (QED) is 0.623. The maximum absolute atomic E-state index is 9.90. The summed E-state index contributed by atoms with van der Waals surface area (Å²) >= 11 is 0. The van der Waals surface area contributed by atoms with Crippen molar-refractivity contribution in [2.24, 2.45) is 0 Å². The Morgan fingerprint density at radius 2 is 1.86 bits per heavy atom. The predicted molar refractivity (Wildman–Crippen MR) is 56.2 cm³/mol. The van der Waals surface area contributed by atoms with Crippen LogP contribution in [0.15, 0.2) is 0 Å². The molecule has 0 bridgehead atoms. The standard InChI is InChI=1S/C10H22N2O2/c1-11(2)7-10(14)9(8-13)12-5-3-4-6-12/h9-10,13-14H,3-8H2,1-2H3. The molecule has 0 radical (unpaired) electrons. The molecule has 2 N–H and O–H groups in total. The first kappa shape index (κ1) is 11.9. The number of hydrogen-bond acceptors (Lipinski definition) is 4. The Labute approximate surface area is 86.1 Å². The van der Waals surface area contributed by atoms with Crippen LogP contribution in [0.4, 0.5) is 0 Å². The second-order valence-electron chi connectivity index (χ2n) is 4.32. The van der Waals surface area contributed by atoms with Crippen LogP contribution in [-0.4, -0.2) is 72.5 Å². The highest BCUT2D eigenvalue weighted by Crippen LogP contribution is 2.14. The van der Waals surface area contributed by atoms with Crippen LogP contribution in [0, 0.1) is 0 Å². The van der Waals surface area contributed by atoms with Crippen molar-refractivity contribution in [3.8, 4) is 0 Å². The molecule has 1 rings (SSSR count). The number of aliphatic hydroxyl groups excluding tert-OH is 2. The van der Waals surface area contributed by atoms with Gasteiger partial charge < -0.3 is 15.1 Å². The van der Waals surface area contributed by atoms with Crippen LogP contribution in [0.3, 0.4) is 0 Å². The van der Waals surface area contributed by atoms with E-state index in [4.69, 9.17) is 0 Å². The molecule has 1 aliphatic rings. The lowest BCUT2D eigenvalue weighted by Crippen LogP contribution is -2.48.